The summed E-state index contributed by atoms with van der Waals surface area (Å²) in [5, 5.41) is 43.3. The maximum Gasteiger partial charge on any atom is 0.423 e. The third-order valence-corrected chi connectivity index (χ3v) is 3.27. The molecule has 154 valence electrons. The van der Waals surface area contributed by atoms with Crippen LogP contribution in [0.1, 0.15) is 0 Å². The Morgan fingerprint density at radius 2 is 0.933 bits per heavy atom. The van der Waals surface area contributed by atoms with Gasteiger partial charge in [0.2, 0.25) is 11.5 Å². The summed E-state index contributed by atoms with van der Waals surface area (Å²) >= 11 is 0. The van der Waals surface area contributed by atoms with Crippen LogP contribution in [0.25, 0.3) is 0 Å². The summed E-state index contributed by atoms with van der Waals surface area (Å²) in [6, 6.07) is 3.88. The highest BCUT2D eigenvalue weighted by atomic mass is 16.7. The molecule has 0 fully saturated rings. The normalized spacial score (nSPS) is 10.0. The molecule has 0 saturated carbocycles. The fourth-order valence-corrected chi connectivity index (χ4v) is 1.98. The topological polar surface area (TPSA) is 225 Å². The first-order chi connectivity index (χ1) is 14.0. The van der Waals surface area contributed by atoms with E-state index in [2.05, 4.69) is 9.47 Å². The largest absolute Gasteiger partial charge is 0.423 e. The van der Waals surface area contributed by atoms with Gasteiger partial charge in [-0.2, -0.15) is 0 Å². The summed E-state index contributed by atoms with van der Waals surface area (Å²) in [4.78, 5) is 62.9. The molecule has 0 bridgehead atoms. The molecule has 0 aliphatic rings. The van der Waals surface area contributed by atoms with Crippen LogP contribution in [0.3, 0.4) is 0 Å². The number of hydrogen-bond acceptors (Lipinski definition) is 12. The molecule has 0 saturated heterocycles. The van der Waals surface area contributed by atoms with Crippen molar-refractivity contribution in [1.82, 2.24) is 0 Å². The molecule has 0 amide bonds. The van der Waals surface area contributed by atoms with E-state index in [0.29, 0.717) is 24.3 Å². The predicted molar refractivity (Wildman–Crippen MR) is 90.8 cm³/mol. The van der Waals surface area contributed by atoms with E-state index in [1.54, 1.807) is 0 Å². The molecular weight excluding hydrogens is 416 g/mol. The molecule has 2 aromatic rings. The van der Waals surface area contributed by atoms with Crippen LogP contribution in [0.15, 0.2) is 36.4 Å². The zero-order valence-corrected chi connectivity index (χ0v) is 14.2. The van der Waals surface area contributed by atoms with E-state index in [9.17, 15) is 50.0 Å². The van der Waals surface area contributed by atoms with E-state index in [1.165, 1.54) is 0 Å². The number of nitrogens with zero attached hydrogens (tertiary/aromatic N) is 4. The summed E-state index contributed by atoms with van der Waals surface area (Å²) in [5.74, 6) is -5.35. The van der Waals surface area contributed by atoms with Gasteiger partial charge < -0.3 is 9.47 Å². The van der Waals surface area contributed by atoms with Crippen molar-refractivity contribution in [1.29, 1.82) is 0 Å². The number of esters is 2. The van der Waals surface area contributed by atoms with Gasteiger partial charge in [-0.15, -0.1) is 0 Å². The number of ether oxygens (including phenoxy) is 2. The Morgan fingerprint density at radius 1 is 0.600 bits per heavy atom. The maximum atomic E-state index is 11.8. The van der Waals surface area contributed by atoms with E-state index < -0.39 is 65.9 Å². The van der Waals surface area contributed by atoms with Gasteiger partial charge in [0.15, 0.2) is 0 Å². The molecule has 0 aliphatic carbocycles. The molecule has 0 atom stereocenters. The van der Waals surface area contributed by atoms with E-state index in [4.69, 9.17) is 0 Å². The number of non-ortho nitro benzene ring substituents is 2. The first kappa shape index (κ1) is 21.3. The van der Waals surface area contributed by atoms with Crippen molar-refractivity contribution in [2.75, 3.05) is 0 Å². The highest BCUT2D eigenvalue weighted by Gasteiger charge is 2.29. The molecule has 2 aromatic carbocycles. The Kier molecular flexibility index (Phi) is 5.91. The minimum atomic E-state index is -1.85. The molecule has 0 aliphatic heterocycles. The molecule has 0 spiro atoms. The number of benzene rings is 2. The Bertz CT molecular complexity index is 1020. The number of carbonyl (C=O) groups excluding carboxylic acids is 2. The van der Waals surface area contributed by atoms with Gasteiger partial charge in [0.1, 0.15) is 0 Å². The van der Waals surface area contributed by atoms with Crippen LogP contribution < -0.4 is 9.47 Å². The van der Waals surface area contributed by atoms with E-state index in [-0.39, 0.29) is 0 Å². The van der Waals surface area contributed by atoms with Gasteiger partial charge in [0.25, 0.3) is 11.4 Å². The van der Waals surface area contributed by atoms with E-state index in [0.717, 1.165) is 12.1 Å². The lowest BCUT2D eigenvalue weighted by atomic mass is 10.2. The number of hydrogen-bond donors (Lipinski definition) is 0. The molecule has 0 heterocycles. The highest BCUT2D eigenvalue weighted by Crippen LogP contribution is 2.33. The third kappa shape index (κ3) is 4.63. The van der Waals surface area contributed by atoms with E-state index in [1.807, 2.05) is 0 Å². The lowest BCUT2D eigenvalue weighted by Crippen LogP contribution is -2.26. The molecule has 0 aromatic heterocycles. The van der Waals surface area contributed by atoms with Crippen molar-refractivity contribution in [3.05, 3.63) is 76.9 Å². The minimum absolute atomic E-state index is 0.481. The molecule has 16 nitrogen and oxygen atoms in total. The van der Waals surface area contributed by atoms with Gasteiger partial charge >= 0.3 is 23.3 Å². The van der Waals surface area contributed by atoms with Crippen molar-refractivity contribution in [2.45, 2.75) is 0 Å². The summed E-state index contributed by atoms with van der Waals surface area (Å²) < 4.78 is 8.96. The quantitative estimate of drug-likeness (QED) is 0.213. The first-order valence-electron chi connectivity index (χ1n) is 7.31. The molecule has 2 rings (SSSR count). The van der Waals surface area contributed by atoms with Crippen LogP contribution in [0.2, 0.25) is 0 Å². The lowest BCUT2D eigenvalue weighted by molar-refractivity contribution is -0.395. The van der Waals surface area contributed by atoms with Crippen LogP contribution in [-0.2, 0) is 9.59 Å². The SMILES string of the molecule is O=C(Oc1ccc([N+](=O)[O-])cc1[N+](=O)[O-])C(=O)Oc1ccc([N+](=O)[O-])cc1[N+](=O)[O-]. The van der Waals surface area contributed by atoms with Crippen LogP contribution in [-0.4, -0.2) is 31.6 Å². The summed E-state index contributed by atoms with van der Waals surface area (Å²) in [6.45, 7) is 0. The summed E-state index contributed by atoms with van der Waals surface area (Å²) in [7, 11) is 0. The van der Waals surface area contributed by atoms with Crippen LogP contribution >= 0.6 is 0 Å². The zero-order chi connectivity index (χ0) is 22.6. The minimum Gasteiger partial charge on any atom is -0.411 e. The Hall–Kier alpha value is -5.02. The predicted octanol–water partition coefficient (Wildman–Crippen LogP) is 1.83. The Labute approximate surface area is 162 Å². The lowest BCUT2D eigenvalue weighted by Gasteiger charge is -2.06. The highest BCUT2D eigenvalue weighted by molar-refractivity contribution is 6.31. The van der Waals surface area contributed by atoms with E-state index >= 15 is 0 Å². The van der Waals surface area contributed by atoms with Crippen molar-refractivity contribution < 1.29 is 38.8 Å². The third-order valence-electron chi connectivity index (χ3n) is 3.27. The smallest absolute Gasteiger partial charge is 0.411 e. The second-order valence-electron chi connectivity index (χ2n) is 5.11. The number of rotatable bonds is 6. The van der Waals surface area contributed by atoms with Gasteiger partial charge in [0.05, 0.1) is 31.8 Å². The van der Waals surface area contributed by atoms with Crippen LogP contribution in [0, 0.1) is 40.5 Å². The average Bonchev–Trinajstić information content (AvgIpc) is 2.67. The Balaban J connectivity index is 2.27. The van der Waals surface area contributed by atoms with Gasteiger partial charge in [0, 0.05) is 12.1 Å². The van der Waals surface area contributed by atoms with Crippen molar-refractivity contribution in [2.24, 2.45) is 0 Å². The second-order valence-corrected chi connectivity index (χ2v) is 5.11. The second kappa shape index (κ2) is 8.33. The van der Waals surface area contributed by atoms with Crippen molar-refractivity contribution in [3.63, 3.8) is 0 Å². The molecule has 0 radical (unpaired) electrons. The number of nitro benzene ring substituents is 4. The Morgan fingerprint density at radius 3 is 1.20 bits per heavy atom. The molecule has 0 unspecified atom stereocenters. The number of nitro groups is 4. The first-order valence-corrected chi connectivity index (χ1v) is 7.31. The van der Waals surface area contributed by atoms with Crippen LogP contribution in [0.5, 0.6) is 11.5 Å². The van der Waals surface area contributed by atoms with Gasteiger partial charge in [-0.3, -0.25) is 40.5 Å². The fourth-order valence-electron chi connectivity index (χ4n) is 1.98. The zero-order valence-electron chi connectivity index (χ0n) is 14.2. The van der Waals surface area contributed by atoms with Crippen LogP contribution in [0.4, 0.5) is 22.7 Å². The fraction of sp³-hybridized carbons (Fsp3) is 0. The molecule has 0 N–H and O–H groups in total. The van der Waals surface area contributed by atoms with Gasteiger partial charge in [-0.25, -0.2) is 9.59 Å². The molecule has 30 heavy (non-hydrogen) atoms. The van der Waals surface area contributed by atoms with Gasteiger partial charge in [-0.05, 0) is 12.1 Å². The van der Waals surface area contributed by atoms with Crippen molar-refractivity contribution in [3.8, 4) is 11.5 Å². The summed E-state index contributed by atoms with van der Waals surface area (Å²) in [5.41, 5.74) is -3.39. The average molecular weight is 422 g/mol. The maximum absolute atomic E-state index is 11.8. The van der Waals surface area contributed by atoms with Crippen molar-refractivity contribution >= 4 is 34.7 Å². The summed E-state index contributed by atoms with van der Waals surface area (Å²) in [6.07, 6.45) is 0. The number of carbonyl (C=O) groups is 2. The molecule has 16 heteroatoms. The molecular formula is C14H6N4O12. The van der Waals surface area contributed by atoms with Gasteiger partial charge in [-0.1, -0.05) is 0 Å². The standard InChI is InChI=1S/C14H6N4O12/c19-13(29-11-3-1-7(15(21)22)5-9(11)17(25)26)14(20)30-12-4-2-8(16(23)24)6-10(12)18(27)28/h1-6H. The monoisotopic (exact) mass is 422 g/mol.